The van der Waals surface area contributed by atoms with Crippen molar-refractivity contribution in [3.05, 3.63) is 30.4 Å². The number of anilines is 2. The van der Waals surface area contributed by atoms with Crippen molar-refractivity contribution >= 4 is 22.4 Å². The van der Waals surface area contributed by atoms with Crippen LogP contribution in [0.15, 0.2) is 24.7 Å². The Balaban J connectivity index is 2.08. The van der Waals surface area contributed by atoms with Crippen molar-refractivity contribution in [3.8, 4) is 0 Å². The van der Waals surface area contributed by atoms with E-state index in [-0.39, 0.29) is 0 Å². The van der Waals surface area contributed by atoms with Crippen LogP contribution < -0.4 is 5.32 Å². The standard InChI is InChI=1S/C11H12N6/c1-7-10-9(16-15-7)3-4-12-11(10)14-8-5-13-17(2)6-8/h3-6H,1-2H3,(H,12,14)(H,15,16). The van der Waals surface area contributed by atoms with Crippen LogP contribution in [0.1, 0.15) is 5.69 Å². The van der Waals surface area contributed by atoms with Gasteiger partial charge in [-0.2, -0.15) is 10.2 Å². The first-order valence-electron chi connectivity index (χ1n) is 5.29. The largest absolute Gasteiger partial charge is 0.337 e. The maximum absolute atomic E-state index is 4.34. The molecule has 0 amide bonds. The Bertz CT molecular complexity index is 665. The quantitative estimate of drug-likeness (QED) is 0.700. The Hall–Kier alpha value is -2.37. The molecule has 0 bridgehead atoms. The Morgan fingerprint density at radius 1 is 1.41 bits per heavy atom. The number of pyridine rings is 1. The van der Waals surface area contributed by atoms with Crippen molar-refractivity contribution in [2.24, 2.45) is 7.05 Å². The zero-order valence-electron chi connectivity index (χ0n) is 9.60. The first-order valence-corrected chi connectivity index (χ1v) is 5.29. The van der Waals surface area contributed by atoms with Crippen LogP contribution in [0.5, 0.6) is 0 Å². The lowest BCUT2D eigenvalue weighted by Crippen LogP contribution is -1.93. The van der Waals surface area contributed by atoms with E-state index in [2.05, 4.69) is 25.6 Å². The number of hydrogen-bond acceptors (Lipinski definition) is 4. The average Bonchev–Trinajstić information content (AvgIpc) is 2.87. The SMILES string of the molecule is Cc1[nH]nc2ccnc(Nc3cnn(C)c3)c12. The van der Waals surface area contributed by atoms with Gasteiger partial charge < -0.3 is 5.32 Å². The molecule has 86 valence electrons. The highest BCUT2D eigenvalue weighted by Gasteiger charge is 2.08. The van der Waals surface area contributed by atoms with Gasteiger partial charge in [-0.15, -0.1) is 0 Å². The molecule has 0 radical (unpaired) electrons. The number of aryl methyl sites for hydroxylation is 2. The summed E-state index contributed by atoms with van der Waals surface area (Å²) in [6, 6.07) is 1.88. The molecule has 2 N–H and O–H groups in total. The lowest BCUT2D eigenvalue weighted by Gasteiger charge is -2.03. The van der Waals surface area contributed by atoms with Crippen LogP contribution in [0, 0.1) is 6.92 Å². The number of hydrogen-bond donors (Lipinski definition) is 2. The number of rotatable bonds is 2. The number of aromatic nitrogens is 5. The van der Waals surface area contributed by atoms with E-state index >= 15 is 0 Å². The lowest BCUT2D eigenvalue weighted by atomic mass is 10.2. The summed E-state index contributed by atoms with van der Waals surface area (Å²) < 4.78 is 1.74. The van der Waals surface area contributed by atoms with Crippen molar-refractivity contribution in [2.75, 3.05) is 5.32 Å². The Morgan fingerprint density at radius 2 is 2.29 bits per heavy atom. The summed E-state index contributed by atoms with van der Waals surface area (Å²) in [5.41, 5.74) is 2.82. The summed E-state index contributed by atoms with van der Waals surface area (Å²) in [6.45, 7) is 1.98. The molecule has 3 aromatic rings. The summed E-state index contributed by atoms with van der Waals surface area (Å²) in [5.74, 6) is 0.793. The van der Waals surface area contributed by atoms with Gasteiger partial charge in [0.2, 0.25) is 0 Å². The highest BCUT2D eigenvalue weighted by molar-refractivity contribution is 5.92. The molecule has 0 aromatic carbocycles. The van der Waals surface area contributed by atoms with Crippen molar-refractivity contribution < 1.29 is 0 Å². The van der Waals surface area contributed by atoms with Crippen molar-refractivity contribution in [1.29, 1.82) is 0 Å². The summed E-state index contributed by atoms with van der Waals surface area (Å²) in [7, 11) is 1.88. The lowest BCUT2D eigenvalue weighted by molar-refractivity contribution is 0.768. The van der Waals surface area contributed by atoms with Crippen LogP contribution in [-0.2, 0) is 7.05 Å². The van der Waals surface area contributed by atoms with Gasteiger partial charge in [-0.1, -0.05) is 0 Å². The molecule has 0 saturated carbocycles. The number of nitrogens with one attached hydrogen (secondary N) is 2. The fourth-order valence-electron chi connectivity index (χ4n) is 1.83. The molecular weight excluding hydrogens is 216 g/mol. The number of fused-ring (bicyclic) bond motifs is 1. The molecule has 3 rings (SSSR count). The predicted molar refractivity (Wildman–Crippen MR) is 65.1 cm³/mol. The third-order valence-corrected chi connectivity index (χ3v) is 2.62. The summed E-state index contributed by atoms with van der Waals surface area (Å²) in [4.78, 5) is 4.34. The van der Waals surface area contributed by atoms with Gasteiger partial charge in [0.15, 0.2) is 0 Å². The van der Waals surface area contributed by atoms with E-state index in [1.165, 1.54) is 0 Å². The number of nitrogens with zero attached hydrogens (tertiary/aromatic N) is 4. The summed E-state index contributed by atoms with van der Waals surface area (Å²) in [5, 5.41) is 15.5. The van der Waals surface area contributed by atoms with Gasteiger partial charge in [0.1, 0.15) is 5.82 Å². The minimum absolute atomic E-state index is 0.793. The highest BCUT2D eigenvalue weighted by atomic mass is 15.3. The maximum Gasteiger partial charge on any atom is 0.141 e. The van der Waals surface area contributed by atoms with Gasteiger partial charge in [-0.3, -0.25) is 9.78 Å². The summed E-state index contributed by atoms with van der Waals surface area (Å²) in [6.07, 6.45) is 5.40. The molecule has 0 aliphatic carbocycles. The summed E-state index contributed by atoms with van der Waals surface area (Å²) >= 11 is 0. The zero-order valence-corrected chi connectivity index (χ0v) is 9.60. The van der Waals surface area contributed by atoms with Gasteiger partial charge in [0, 0.05) is 25.1 Å². The third-order valence-electron chi connectivity index (χ3n) is 2.62. The molecule has 0 aliphatic rings. The molecule has 0 saturated heterocycles. The Morgan fingerprint density at radius 3 is 3.06 bits per heavy atom. The van der Waals surface area contributed by atoms with Gasteiger partial charge in [0.05, 0.1) is 22.8 Å². The molecule has 0 spiro atoms. The molecular formula is C11H12N6. The van der Waals surface area contributed by atoms with Crippen molar-refractivity contribution in [2.45, 2.75) is 6.92 Å². The molecule has 6 heteroatoms. The van der Waals surface area contributed by atoms with Crippen molar-refractivity contribution in [3.63, 3.8) is 0 Å². The van der Waals surface area contributed by atoms with E-state index in [1.54, 1.807) is 17.1 Å². The first kappa shape index (κ1) is 9.83. The van der Waals surface area contributed by atoms with Gasteiger partial charge >= 0.3 is 0 Å². The van der Waals surface area contributed by atoms with Crippen LogP contribution >= 0.6 is 0 Å². The first-order chi connectivity index (χ1) is 8.24. The van der Waals surface area contributed by atoms with Crippen molar-refractivity contribution in [1.82, 2.24) is 25.0 Å². The monoisotopic (exact) mass is 228 g/mol. The topological polar surface area (TPSA) is 71.4 Å². The fraction of sp³-hybridized carbons (Fsp3) is 0.182. The van der Waals surface area contributed by atoms with Gasteiger partial charge in [0.25, 0.3) is 0 Å². The van der Waals surface area contributed by atoms with E-state index in [1.807, 2.05) is 26.2 Å². The predicted octanol–water partition coefficient (Wildman–Crippen LogP) is 1.74. The van der Waals surface area contributed by atoms with E-state index in [4.69, 9.17) is 0 Å². The fourth-order valence-corrected chi connectivity index (χ4v) is 1.83. The minimum atomic E-state index is 0.793. The maximum atomic E-state index is 4.34. The Labute approximate surface area is 97.7 Å². The van der Waals surface area contributed by atoms with Crippen LogP contribution in [-0.4, -0.2) is 25.0 Å². The smallest absolute Gasteiger partial charge is 0.141 e. The molecule has 6 nitrogen and oxygen atoms in total. The molecule has 0 unspecified atom stereocenters. The zero-order chi connectivity index (χ0) is 11.8. The van der Waals surface area contributed by atoms with Gasteiger partial charge in [-0.05, 0) is 13.0 Å². The van der Waals surface area contributed by atoms with E-state index in [0.717, 1.165) is 28.1 Å². The van der Waals surface area contributed by atoms with Crippen LogP contribution in [0.2, 0.25) is 0 Å². The average molecular weight is 228 g/mol. The van der Waals surface area contributed by atoms with Crippen LogP contribution in [0.4, 0.5) is 11.5 Å². The van der Waals surface area contributed by atoms with Crippen LogP contribution in [0.25, 0.3) is 10.9 Å². The van der Waals surface area contributed by atoms with E-state index in [9.17, 15) is 0 Å². The molecule has 3 heterocycles. The molecule has 0 aliphatic heterocycles. The van der Waals surface area contributed by atoms with Crippen LogP contribution in [0.3, 0.4) is 0 Å². The molecule has 0 fully saturated rings. The number of H-pyrrole nitrogens is 1. The Kier molecular flexibility index (Phi) is 2.07. The van der Waals surface area contributed by atoms with Gasteiger partial charge in [-0.25, -0.2) is 4.98 Å². The second-order valence-corrected chi connectivity index (χ2v) is 3.93. The normalized spacial score (nSPS) is 10.9. The third kappa shape index (κ3) is 1.63. The number of aromatic amines is 1. The highest BCUT2D eigenvalue weighted by Crippen LogP contribution is 2.24. The second-order valence-electron chi connectivity index (χ2n) is 3.93. The molecule has 17 heavy (non-hydrogen) atoms. The van der Waals surface area contributed by atoms with E-state index < -0.39 is 0 Å². The second kappa shape index (κ2) is 3.58. The molecule has 3 aromatic heterocycles. The molecule has 0 atom stereocenters. The minimum Gasteiger partial charge on any atom is -0.337 e. The van der Waals surface area contributed by atoms with E-state index in [0.29, 0.717) is 0 Å².